The molecule has 1 aliphatic carbocycles. The molecule has 6 nitrogen and oxygen atoms in total. The highest BCUT2D eigenvalue weighted by atomic mass is 32.2. The normalized spacial score (nSPS) is 18.1. The van der Waals surface area contributed by atoms with E-state index in [4.69, 9.17) is 10.9 Å². The fraction of sp³-hybridized carbons (Fsp3) is 0.538. The topological polar surface area (TPSA) is 118 Å². The van der Waals surface area contributed by atoms with Crippen LogP contribution >= 0.6 is 0 Å². The minimum atomic E-state index is -3.83. The second kappa shape index (κ2) is 5.59. The summed E-state index contributed by atoms with van der Waals surface area (Å²) in [4.78, 5) is -0.0106. The molecule has 0 spiro atoms. The molecule has 1 saturated carbocycles. The maximum Gasteiger partial charge on any atom is 0.240 e. The molecular weight excluding hydrogens is 278 g/mol. The lowest BCUT2D eigenvalue weighted by molar-refractivity contribution is 0.142. The van der Waals surface area contributed by atoms with Crippen LogP contribution in [-0.4, -0.2) is 26.7 Å². The Balaban J connectivity index is 2.21. The molecule has 0 aliphatic heterocycles. The molecule has 0 saturated heterocycles. The van der Waals surface area contributed by atoms with E-state index in [1.807, 2.05) is 0 Å². The van der Waals surface area contributed by atoms with Gasteiger partial charge in [0.1, 0.15) is 4.90 Å². The summed E-state index contributed by atoms with van der Waals surface area (Å²) >= 11 is 0. The van der Waals surface area contributed by atoms with Gasteiger partial charge in [0.15, 0.2) is 0 Å². The Labute approximate surface area is 119 Å². The first-order chi connectivity index (χ1) is 9.36. The first kappa shape index (κ1) is 15.1. The van der Waals surface area contributed by atoms with Gasteiger partial charge in [0.05, 0.1) is 12.3 Å². The van der Waals surface area contributed by atoms with Crippen LogP contribution in [0, 0.1) is 5.41 Å². The Bertz CT molecular complexity index is 581. The van der Waals surface area contributed by atoms with Crippen LogP contribution in [0.4, 0.5) is 11.4 Å². The third-order valence-electron chi connectivity index (χ3n) is 3.97. The first-order valence-electron chi connectivity index (χ1n) is 6.63. The SMILES string of the molecule is Nc1ccc(NCC2(CO)CCCC2)c(S(N)(=O)=O)c1. The van der Waals surface area contributed by atoms with Gasteiger partial charge >= 0.3 is 0 Å². The van der Waals surface area contributed by atoms with Crippen molar-refractivity contribution in [2.24, 2.45) is 10.6 Å². The van der Waals surface area contributed by atoms with E-state index in [1.54, 1.807) is 12.1 Å². The average Bonchev–Trinajstić information content (AvgIpc) is 2.86. The minimum Gasteiger partial charge on any atom is -0.399 e. The van der Waals surface area contributed by atoms with E-state index >= 15 is 0 Å². The van der Waals surface area contributed by atoms with Crippen LogP contribution in [0.3, 0.4) is 0 Å². The molecule has 1 aromatic carbocycles. The van der Waals surface area contributed by atoms with Gasteiger partial charge in [0, 0.05) is 17.6 Å². The van der Waals surface area contributed by atoms with Crippen molar-refractivity contribution in [1.29, 1.82) is 0 Å². The molecule has 0 unspecified atom stereocenters. The highest BCUT2D eigenvalue weighted by Gasteiger charge is 2.33. The van der Waals surface area contributed by atoms with Gasteiger partial charge in [-0.15, -0.1) is 0 Å². The van der Waals surface area contributed by atoms with Gasteiger partial charge in [-0.25, -0.2) is 13.6 Å². The lowest BCUT2D eigenvalue weighted by Gasteiger charge is -2.27. The van der Waals surface area contributed by atoms with Crippen molar-refractivity contribution < 1.29 is 13.5 Å². The Kier molecular flexibility index (Phi) is 4.22. The summed E-state index contributed by atoms with van der Waals surface area (Å²) in [7, 11) is -3.83. The number of nitrogens with one attached hydrogen (secondary N) is 1. The second-order valence-corrected chi connectivity index (χ2v) is 7.05. The molecule has 112 valence electrons. The number of rotatable bonds is 5. The van der Waals surface area contributed by atoms with Crippen molar-refractivity contribution in [2.75, 3.05) is 24.2 Å². The summed E-state index contributed by atoms with van der Waals surface area (Å²) in [6.07, 6.45) is 4.06. The maximum absolute atomic E-state index is 11.6. The number of nitrogens with two attached hydrogens (primary N) is 2. The van der Waals surface area contributed by atoms with Crippen LogP contribution in [-0.2, 0) is 10.0 Å². The van der Waals surface area contributed by atoms with E-state index in [9.17, 15) is 13.5 Å². The molecule has 1 aliphatic rings. The number of aliphatic hydroxyl groups excluding tert-OH is 1. The third kappa shape index (κ3) is 3.23. The molecule has 0 radical (unpaired) electrons. The largest absolute Gasteiger partial charge is 0.399 e. The average molecular weight is 299 g/mol. The summed E-state index contributed by atoms with van der Waals surface area (Å²) in [6.45, 7) is 0.621. The highest BCUT2D eigenvalue weighted by molar-refractivity contribution is 7.89. The van der Waals surface area contributed by atoms with Gasteiger partial charge in [-0.05, 0) is 31.0 Å². The molecule has 0 amide bonds. The number of aliphatic hydroxyl groups is 1. The van der Waals surface area contributed by atoms with E-state index in [-0.39, 0.29) is 16.9 Å². The van der Waals surface area contributed by atoms with Crippen molar-refractivity contribution in [3.8, 4) is 0 Å². The summed E-state index contributed by atoms with van der Waals surface area (Å²) in [6, 6.07) is 4.57. The number of benzene rings is 1. The fourth-order valence-electron chi connectivity index (χ4n) is 2.72. The van der Waals surface area contributed by atoms with Gasteiger partial charge in [0.25, 0.3) is 0 Å². The molecule has 7 heteroatoms. The molecule has 0 atom stereocenters. The Morgan fingerprint density at radius 2 is 1.95 bits per heavy atom. The standard InChI is InChI=1S/C13H21N3O3S/c14-10-3-4-11(12(7-10)20(15,18)19)16-8-13(9-17)5-1-2-6-13/h3-4,7,16-17H,1-2,5-6,8-9,14H2,(H2,15,18,19). The summed E-state index contributed by atoms with van der Waals surface area (Å²) in [5.41, 5.74) is 6.21. The molecule has 1 aromatic rings. The van der Waals surface area contributed by atoms with Crippen molar-refractivity contribution in [1.82, 2.24) is 0 Å². The van der Waals surface area contributed by atoms with Crippen molar-refractivity contribution in [3.05, 3.63) is 18.2 Å². The zero-order chi connectivity index (χ0) is 14.8. The third-order valence-corrected chi connectivity index (χ3v) is 4.92. The zero-order valence-electron chi connectivity index (χ0n) is 11.3. The minimum absolute atomic E-state index is 0.0106. The van der Waals surface area contributed by atoms with Gasteiger partial charge < -0.3 is 16.2 Å². The summed E-state index contributed by atoms with van der Waals surface area (Å²) < 4.78 is 23.2. The van der Waals surface area contributed by atoms with Crippen LogP contribution in [0.15, 0.2) is 23.1 Å². The molecular formula is C13H21N3O3S. The van der Waals surface area contributed by atoms with E-state index < -0.39 is 10.0 Å². The van der Waals surface area contributed by atoms with E-state index in [1.165, 1.54) is 6.07 Å². The van der Waals surface area contributed by atoms with Crippen LogP contribution in [0.5, 0.6) is 0 Å². The molecule has 0 heterocycles. The monoisotopic (exact) mass is 299 g/mol. The molecule has 0 aromatic heterocycles. The highest BCUT2D eigenvalue weighted by Crippen LogP contribution is 2.38. The zero-order valence-corrected chi connectivity index (χ0v) is 12.1. The van der Waals surface area contributed by atoms with Crippen LogP contribution in [0.25, 0.3) is 0 Å². The number of hydrogen-bond acceptors (Lipinski definition) is 5. The van der Waals surface area contributed by atoms with Crippen LogP contribution in [0.2, 0.25) is 0 Å². The Morgan fingerprint density at radius 3 is 2.50 bits per heavy atom. The molecule has 1 fully saturated rings. The fourth-order valence-corrected chi connectivity index (χ4v) is 3.47. The van der Waals surface area contributed by atoms with E-state index in [2.05, 4.69) is 5.32 Å². The molecule has 20 heavy (non-hydrogen) atoms. The second-order valence-electron chi connectivity index (χ2n) is 5.52. The van der Waals surface area contributed by atoms with Crippen LogP contribution < -0.4 is 16.2 Å². The van der Waals surface area contributed by atoms with Gasteiger partial charge in [-0.3, -0.25) is 0 Å². The van der Waals surface area contributed by atoms with Gasteiger partial charge in [-0.2, -0.15) is 0 Å². The maximum atomic E-state index is 11.6. The number of hydrogen-bond donors (Lipinski definition) is 4. The summed E-state index contributed by atoms with van der Waals surface area (Å²) in [5, 5.41) is 17.9. The smallest absolute Gasteiger partial charge is 0.240 e. The Morgan fingerprint density at radius 1 is 1.30 bits per heavy atom. The van der Waals surface area contributed by atoms with Gasteiger partial charge in [-0.1, -0.05) is 12.8 Å². The number of sulfonamides is 1. The number of anilines is 2. The van der Waals surface area contributed by atoms with Crippen LogP contribution in [0.1, 0.15) is 25.7 Å². The van der Waals surface area contributed by atoms with Crippen molar-refractivity contribution in [2.45, 2.75) is 30.6 Å². The molecule has 6 N–H and O–H groups in total. The number of nitrogen functional groups attached to an aromatic ring is 1. The lowest BCUT2D eigenvalue weighted by atomic mass is 9.87. The predicted molar refractivity (Wildman–Crippen MR) is 78.7 cm³/mol. The molecule has 0 bridgehead atoms. The molecule has 2 rings (SSSR count). The lowest BCUT2D eigenvalue weighted by Crippen LogP contribution is -2.31. The van der Waals surface area contributed by atoms with Crippen molar-refractivity contribution in [3.63, 3.8) is 0 Å². The van der Waals surface area contributed by atoms with E-state index in [0.29, 0.717) is 17.9 Å². The summed E-state index contributed by atoms with van der Waals surface area (Å²) in [5.74, 6) is 0. The van der Waals surface area contributed by atoms with E-state index in [0.717, 1.165) is 25.7 Å². The quantitative estimate of drug-likeness (QED) is 0.602. The van der Waals surface area contributed by atoms with Crippen molar-refractivity contribution >= 4 is 21.4 Å². The predicted octanol–water partition coefficient (Wildman–Crippen LogP) is 0.881. The van der Waals surface area contributed by atoms with Gasteiger partial charge in [0.2, 0.25) is 10.0 Å². The Hall–Kier alpha value is -1.31. The first-order valence-corrected chi connectivity index (χ1v) is 8.18. The number of primary sulfonamides is 1.